The van der Waals surface area contributed by atoms with Crippen LogP contribution in [-0.2, 0) is 4.74 Å². The first-order valence-corrected chi connectivity index (χ1v) is 8.52. The van der Waals surface area contributed by atoms with E-state index in [0.717, 1.165) is 18.9 Å². The second-order valence-corrected chi connectivity index (χ2v) is 6.36. The van der Waals surface area contributed by atoms with Crippen molar-refractivity contribution >= 4 is 17.7 Å². The minimum Gasteiger partial charge on any atom is -0.491 e. The minimum absolute atomic E-state index is 0.0680. The molecule has 1 aromatic rings. The molecule has 4 N–H and O–H groups in total. The Balaban J connectivity index is 1.80. The fourth-order valence-electron chi connectivity index (χ4n) is 2.85. The van der Waals surface area contributed by atoms with Gasteiger partial charge in [-0.3, -0.25) is 0 Å². The Bertz CT molecular complexity index is 693. The van der Waals surface area contributed by atoms with Crippen molar-refractivity contribution in [2.45, 2.75) is 26.0 Å². The fourth-order valence-corrected chi connectivity index (χ4v) is 2.85. The van der Waals surface area contributed by atoms with Crippen LogP contribution in [-0.4, -0.2) is 55.4 Å². The Morgan fingerprint density at radius 3 is 2.88 bits per heavy atom. The van der Waals surface area contributed by atoms with Crippen molar-refractivity contribution in [3.8, 4) is 5.75 Å². The maximum Gasteiger partial charge on any atom is 0.128 e. The number of anilines is 1. The summed E-state index contributed by atoms with van der Waals surface area (Å²) in [5.74, 6) is 1.58. The van der Waals surface area contributed by atoms with E-state index in [-0.39, 0.29) is 12.1 Å². The third-order valence-electron chi connectivity index (χ3n) is 4.10. The molecule has 1 atom stereocenters. The second kappa shape index (κ2) is 7.57. The van der Waals surface area contributed by atoms with Crippen LogP contribution in [0.15, 0.2) is 35.1 Å². The molecule has 7 heteroatoms. The number of morpholine rings is 1. The Morgan fingerprint density at radius 1 is 1.40 bits per heavy atom. The van der Waals surface area contributed by atoms with Crippen LogP contribution in [0.2, 0.25) is 0 Å². The van der Waals surface area contributed by atoms with Crippen molar-refractivity contribution < 1.29 is 9.47 Å². The third-order valence-corrected chi connectivity index (χ3v) is 4.10. The van der Waals surface area contributed by atoms with E-state index in [0.29, 0.717) is 35.9 Å². The molecule has 0 bridgehead atoms. The number of ether oxygens (including phenoxy) is 2. The standard InChI is InChI=1S/C18H25N5O2/c1-12(2)25-13-3-4-15(19)14(9-13)18(20)16-10-17(22-11-21-16)23-5-7-24-8-6-23/h3-4,9-12,16,20H,5-8,19H2,1-2H3,(H,21,22). The molecule has 0 aliphatic carbocycles. The van der Waals surface area contributed by atoms with Crippen LogP contribution in [0.25, 0.3) is 0 Å². The Kier molecular flexibility index (Phi) is 5.23. The lowest BCUT2D eigenvalue weighted by Crippen LogP contribution is -2.41. The zero-order valence-electron chi connectivity index (χ0n) is 14.7. The van der Waals surface area contributed by atoms with Crippen LogP contribution in [0.4, 0.5) is 5.69 Å². The Morgan fingerprint density at radius 2 is 2.16 bits per heavy atom. The lowest BCUT2D eigenvalue weighted by Gasteiger charge is -2.31. The smallest absolute Gasteiger partial charge is 0.128 e. The molecule has 7 nitrogen and oxygen atoms in total. The van der Waals surface area contributed by atoms with Crippen molar-refractivity contribution in [1.29, 1.82) is 5.41 Å². The van der Waals surface area contributed by atoms with Gasteiger partial charge >= 0.3 is 0 Å². The molecule has 25 heavy (non-hydrogen) atoms. The summed E-state index contributed by atoms with van der Waals surface area (Å²) in [6, 6.07) is 5.15. The monoisotopic (exact) mass is 343 g/mol. The van der Waals surface area contributed by atoms with E-state index in [9.17, 15) is 0 Å². The van der Waals surface area contributed by atoms with Gasteiger partial charge in [-0.2, -0.15) is 0 Å². The molecule has 134 valence electrons. The highest BCUT2D eigenvalue weighted by atomic mass is 16.5. The van der Waals surface area contributed by atoms with Gasteiger partial charge in [-0.1, -0.05) is 0 Å². The number of hydrogen-bond acceptors (Lipinski definition) is 7. The van der Waals surface area contributed by atoms with Gasteiger partial charge in [-0.25, -0.2) is 4.99 Å². The lowest BCUT2D eigenvalue weighted by atomic mass is 10.00. The van der Waals surface area contributed by atoms with E-state index in [1.807, 2.05) is 32.1 Å². The molecular weight excluding hydrogens is 318 g/mol. The van der Waals surface area contributed by atoms with Crippen molar-refractivity contribution in [2.24, 2.45) is 4.99 Å². The van der Waals surface area contributed by atoms with Crippen molar-refractivity contribution in [1.82, 2.24) is 10.2 Å². The minimum atomic E-state index is -0.285. The van der Waals surface area contributed by atoms with E-state index in [1.54, 1.807) is 12.4 Å². The van der Waals surface area contributed by atoms with E-state index in [2.05, 4.69) is 15.2 Å². The van der Waals surface area contributed by atoms with Crippen LogP contribution in [0.1, 0.15) is 19.4 Å². The average molecular weight is 343 g/mol. The summed E-state index contributed by atoms with van der Waals surface area (Å²) in [5, 5.41) is 11.7. The van der Waals surface area contributed by atoms with Gasteiger partial charge in [0.05, 0.1) is 37.4 Å². The second-order valence-electron chi connectivity index (χ2n) is 6.36. The summed E-state index contributed by atoms with van der Waals surface area (Å²) < 4.78 is 11.1. The van der Waals surface area contributed by atoms with Gasteiger partial charge in [0.1, 0.15) is 11.6 Å². The number of benzene rings is 1. The molecular formula is C18H25N5O2. The highest BCUT2D eigenvalue weighted by Crippen LogP contribution is 2.23. The number of nitrogens with zero attached hydrogens (tertiary/aromatic N) is 2. The number of nitrogen functional groups attached to an aromatic ring is 1. The fraction of sp³-hybridized carbons (Fsp3) is 0.444. The number of nitrogens with one attached hydrogen (secondary N) is 2. The zero-order chi connectivity index (χ0) is 17.8. The molecule has 2 heterocycles. The third kappa shape index (κ3) is 4.11. The van der Waals surface area contributed by atoms with Crippen LogP contribution in [0.5, 0.6) is 5.75 Å². The average Bonchev–Trinajstić information content (AvgIpc) is 2.63. The Hall–Kier alpha value is -2.54. The van der Waals surface area contributed by atoms with Crippen molar-refractivity contribution in [2.75, 3.05) is 32.0 Å². The molecule has 1 unspecified atom stereocenters. The van der Waals surface area contributed by atoms with Gasteiger partial charge in [0, 0.05) is 24.3 Å². The summed E-state index contributed by atoms with van der Waals surface area (Å²) in [5.41, 5.74) is 7.72. The quantitative estimate of drug-likeness (QED) is 0.557. The summed E-state index contributed by atoms with van der Waals surface area (Å²) in [6.07, 6.45) is 3.68. The van der Waals surface area contributed by atoms with Crippen LogP contribution in [0.3, 0.4) is 0 Å². The van der Waals surface area contributed by atoms with E-state index in [1.165, 1.54) is 0 Å². The van der Waals surface area contributed by atoms with Crippen molar-refractivity contribution in [3.05, 3.63) is 35.7 Å². The normalized spacial score (nSPS) is 20.2. The predicted molar refractivity (Wildman–Crippen MR) is 99.3 cm³/mol. The molecule has 1 fully saturated rings. The molecule has 1 aromatic carbocycles. The van der Waals surface area contributed by atoms with Gasteiger partial charge in [-0.05, 0) is 38.1 Å². The maximum absolute atomic E-state index is 8.60. The van der Waals surface area contributed by atoms with E-state index in [4.69, 9.17) is 20.6 Å². The summed E-state index contributed by atoms with van der Waals surface area (Å²) in [4.78, 5) is 6.57. The first kappa shape index (κ1) is 17.3. The van der Waals surface area contributed by atoms with E-state index >= 15 is 0 Å². The number of aliphatic imine (C=N–C) groups is 1. The number of hydrogen-bond donors (Lipinski definition) is 3. The van der Waals surface area contributed by atoms with E-state index < -0.39 is 0 Å². The summed E-state index contributed by atoms with van der Waals surface area (Å²) in [7, 11) is 0. The molecule has 0 amide bonds. The first-order chi connectivity index (χ1) is 12.0. The topological polar surface area (TPSA) is 96.0 Å². The first-order valence-electron chi connectivity index (χ1n) is 8.52. The number of rotatable bonds is 5. The lowest BCUT2D eigenvalue weighted by molar-refractivity contribution is 0.0528. The predicted octanol–water partition coefficient (Wildman–Crippen LogP) is 1.60. The molecule has 2 aliphatic rings. The molecule has 1 saturated heterocycles. The highest BCUT2D eigenvalue weighted by Gasteiger charge is 2.22. The molecule has 0 saturated carbocycles. The largest absolute Gasteiger partial charge is 0.491 e. The van der Waals surface area contributed by atoms with Gasteiger partial charge in [-0.15, -0.1) is 0 Å². The Labute approximate surface area is 148 Å². The van der Waals surface area contributed by atoms with Crippen molar-refractivity contribution in [3.63, 3.8) is 0 Å². The highest BCUT2D eigenvalue weighted by molar-refractivity contribution is 6.08. The SMILES string of the molecule is CC(C)Oc1ccc(N)c(C(=N)C2C=C(N3CCOCC3)N=CN2)c1. The molecule has 2 aliphatic heterocycles. The van der Waals surface area contributed by atoms with Crippen LogP contribution >= 0.6 is 0 Å². The molecule has 0 radical (unpaired) electrons. The number of nitrogens with two attached hydrogens (primary N) is 1. The van der Waals surface area contributed by atoms with Crippen LogP contribution < -0.4 is 15.8 Å². The zero-order valence-corrected chi connectivity index (χ0v) is 14.7. The molecule has 3 rings (SSSR count). The van der Waals surface area contributed by atoms with Crippen LogP contribution in [0, 0.1) is 5.41 Å². The van der Waals surface area contributed by atoms with Gasteiger partial charge < -0.3 is 30.8 Å². The maximum atomic E-state index is 8.60. The molecule has 0 aromatic heterocycles. The van der Waals surface area contributed by atoms with Gasteiger partial charge in [0.25, 0.3) is 0 Å². The summed E-state index contributed by atoms with van der Waals surface area (Å²) >= 11 is 0. The molecule has 0 spiro atoms. The van der Waals surface area contributed by atoms with Gasteiger partial charge in [0.2, 0.25) is 0 Å². The van der Waals surface area contributed by atoms with Gasteiger partial charge in [0.15, 0.2) is 0 Å². The summed E-state index contributed by atoms with van der Waals surface area (Å²) in [6.45, 7) is 6.95.